The predicted octanol–water partition coefficient (Wildman–Crippen LogP) is 3.31. The van der Waals surface area contributed by atoms with Crippen molar-refractivity contribution in [1.82, 2.24) is 10.2 Å². The van der Waals surface area contributed by atoms with Gasteiger partial charge in [-0.3, -0.25) is 4.90 Å². The van der Waals surface area contributed by atoms with Crippen molar-refractivity contribution in [3.05, 3.63) is 35.1 Å². The van der Waals surface area contributed by atoms with Crippen LogP contribution >= 0.6 is 0 Å². The molecule has 1 heterocycles. The van der Waals surface area contributed by atoms with Gasteiger partial charge in [0.15, 0.2) is 0 Å². The first kappa shape index (κ1) is 14.5. The summed E-state index contributed by atoms with van der Waals surface area (Å²) in [6, 6.07) is 5.48. The molecule has 106 valence electrons. The molecule has 1 fully saturated rings. The Labute approximate surface area is 116 Å². The highest BCUT2D eigenvalue weighted by atomic mass is 19.1. The average molecular weight is 264 g/mol. The van der Waals surface area contributed by atoms with E-state index in [9.17, 15) is 4.39 Å². The second-order valence-corrected chi connectivity index (χ2v) is 6.04. The van der Waals surface area contributed by atoms with Crippen LogP contribution < -0.4 is 5.32 Å². The number of rotatable bonds is 5. The van der Waals surface area contributed by atoms with Crippen LogP contribution in [0.15, 0.2) is 18.2 Å². The Morgan fingerprint density at radius 1 is 1.37 bits per heavy atom. The summed E-state index contributed by atoms with van der Waals surface area (Å²) in [4.78, 5) is 2.39. The molecule has 0 atom stereocenters. The van der Waals surface area contributed by atoms with Crippen molar-refractivity contribution in [1.29, 1.82) is 0 Å². The van der Waals surface area contributed by atoms with Crippen LogP contribution in [-0.4, -0.2) is 23.5 Å². The molecule has 0 saturated carbocycles. The van der Waals surface area contributed by atoms with Gasteiger partial charge in [-0.05, 0) is 51.4 Å². The summed E-state index contributed by atoms with van der Waals surface area (Å²) >= 11 is 0. The normalized spacial score (nSPS) is 18.9. The van der Waals surface area contributed by atoms with E-state index in [2.05, 4.69) is 31.0 Å². The van der Waals surface area contributed by atoms with Gasteiger partial charge >= 0.3 is 0 Å². The lowest BCUT2D eigenvalue weighted by molar-refractivity contribution is 0.164. The van der Waals surface area contributed by atoms with Gasteiger partial charge in [-0.1, -0.05) is 19.1 Å². The number of likely N-dealkylation sites (tertiary alicyclic amines) is 1. The number of benzene rings is 1. The SMILES string of the molecule is CCNCc1ccc(F)c(CN2CCCC2(C)C)c1. The summed E-state index contributed by atoms with van der Waals surface area (Å²) < 4.78 is 13.9. The van der Waals surface area contributed by atoms with E-state index in [0.717, 1.165) is 37.3 Å². The molecule has 2 rings (SSSR count). The molecule has 0 amide bonds. The Balaban J connectivity index is 2.10. The van der Waals surface area contributed by atoms with Crippen LogP contribution in [0.2, 0.25) is 0 Å². The third-order valence-electron chi connectivity index (χ3n) is 4.12. The van der Waals surface area contributed by atoms with E-state index in [0.29, 0.717) is 0 Å². The van der Waals surface area contributed by atoms with Gasteiger partial charge in [0.25, 0.3) is 0 Å². The molecule has 1 aliphatic rings. The van der Waals surface area contributed by atoms with Crippen molar-refractivity contribution in [3.8, 4) is 0 Å². The van der Waals surface area contributed by atoms with Crippen molar-refractivity contribution in [2.45, 2.75) is 52.2 Å². The topological polar surface area (TPSA) is 15.3 Å². The number of hydrogen-bond acceptors (Lipinski definition) is 2. The minimum absolute atomic E-state index is 0.0806. The quantitative estimate of drug-likeness (QED) is 0.877. The van der Waals surface area contributed by atoms with Crippen LogP contribution in [0.1, 0.15) is 44.7 Å². The maximum atomic E-state index is 13.9. The third kappa shape index (κ3) is 3.54. The van der Waals surface area contributed by atoms with E-state index >= 15 is 0 Å². The smallest absolute Gasteiger partial charge is 0.127 e. The highest BCUT2D eigenvalue weighted by Crippen LogP contribution is 2.30. The second kappa shape index (κ2) is 6.02. The second-order valence-electron chi connectivity index (χ2n) is 6.04. The molecule has 2 nitrogen and oxygen atoms in total. The molecule has 0 bridgehead atoms. The minimum Gasteiger partial charge on any atom is -0.313 e. The molecular formula is C16H25FN2. The zero-order chi connectivity index (χ0) is 13.9. The van der Waals surface area contributed by atoms with Crippen LogP contribution in [-0.2, 0) is 13.1 Å². The van der Waals surface area contributed by atoms with Gasteiger partial charge in [0.2, 0.25) is 0 Å². The molecule has 1 aliphatic heterocycles. The lowest BCUT2D eigenvalue weighted by Gasteiger charge is -2.31. The van der Waals surface area contributed by atoms with Gasteiger partial charge in [-0.15, -0.1) is 0 Å². The predicted molar refractivity (Wildman–Crippen MR) is 77.5 cm³/mol. The first-order valence-electron chi connectivity index (χ1n) is 7.26. The molecule has 1 aromatic rings. The molecule has 3 heteroatoms. The van der Waals surface area contributed by atoms with Crippen molar-refractivity contribution in [2.75, 3.05) is 13.1 Å². The Hall–Kier alpha value is -0.930. The standard InChI is InChI=1S/C16H25FN2/c1-4-18-11-13-6-7-15(17)14(10-13)12-19-9-5-8-16(19,2)3/h6-7,10,18H,4-5,8-9,11-12H2,1-3H3. The van der Waals surface area contributed by atoms with Crippen molar-refractivity contribution in [3.63, 3.8) is 0 Å². The molecular weight excluding hydrogens is 239 g/mol. The Morgan fingerprint density at radius 2 is 2.16 bits per heavy atom. The van der Waals surface area contributed by atoms with Gasteiger partial charge < -0.3 is 5.32 Å². The summed E-state index contributed by atoms with van der Waals surface area (Å²) in [5, 5.41) is 3.29. The van der Waals surface area contributed by atoms with E-state index in [1.54, 1.807) is 6.07 Å². The summed E-state index contributed by atoms with van der Waals surface area (Å²) in [6.45, 7) is 10.1. The Morgan fingerprint density at radius 3 is 2.79 bits per heavy atom. The van der Waals surface area contributed by atoms with Gasteiger partial charge in [-0.25, -0.2) is 4.39 Å². The summed E-state index contributed by atoms with van der Waals surface area (Å²) in [5.41, 5.74) is 2.19. The zero-order valence-corrected chi connectivity index (χ0v) is 12.3. The van der Waals surface area contributed by atoms with Crippen LogP contribution in [0, 0.1) is 5.82 Å². The number of hydrogen-bond donors (Lipinski definition) is 1. The first-order valence-corrected chi connectivity index (χ1v) is 7.26. The number of nitrogens with zero attached hydrogens (tertiary/aromatic N) is 1. The molecule has 0 aliphatic carbocycles. The van der Waals surface area contributed by atoms with Gasteiger partial charge in [0.1, 0.15) is 5.82 Å². The number of halogens is 1. The van der Waals surface area contributed by atoms with E-state index in [4.69, 9.17) is 0 Å². The fourth-order valence-corrected chi connectivity index (χ4v) is 2.79. The Bertz CT molecular complexity index is 429. The molecule has 0 radical (unpaired) electrons. The van der Waals surface area contributed by atoms with Gasteiger partial charge in [-0.2, -0.15) is 0 Å². The van der Waals surface area contributed by atoms with Crippen molar-refractivity contribution >= 4 is 0 Å². The number of nitrogens with one attached hydrogen (secondary N) is 1. The molecule has 1 aromatic carbocycles. The zero-order valence-electron chi connectivity index (χ0n) is 12.3. The Kier molecular flexibility index (Phi) is 4.58. The van der Waals surface area contributed by atoms with Crippen LogP contribution in [0.5, 0.6) is 0 Å². The molecule has 0 unspecified atom stereocenters. The molecule has 19 heavy (non-hydrogen) atoms. The monoisotopic (exact) mass is 264 g/mol. The average Bonchev–Trinajstić information content (AvgIpc) is 2.70. The van der Waals surface area contributed by atoms with Crippen molar-refractivity contribution in [2.24, 2.45) is 0 Å². The fourth-order valence-electron chi connectivity index (χ4n) is 2.79. The summed E-state index contributed by atoms with van der Waals surface area (Å²) in [7, 11) is 0. The maximum absolute atomic E-state index is 13.9. The van der Waals surface area contributed by atoms with Gasteiger partial charge in [0.05, 0.1) is 0 Å². The molecule has 0 spiro atoms. The maximum Gasteiger partial charge on any atom is 0.127 e. The van der Waals surface area contributed by atoms with E-state index in [1.165, 1.54) is 12.8 Å². The summed E-state index contributed by atoms with van der Waals surface area (Å²) in [6.07, 6.45) is 2.41. The lowest BCUT2D eigenvalue weighted by Crippen LogP contribution is -2.37. The lowest BCUT2D eigenvalue weighted by atomic mass is 10.0. The van der Waals surface area contributed by atoms with Gasteiger partial charge in [0, 0.05) is 24.2 Å². The largest absolute Gasteiger partial charge is 0.313 e. The highest BCUT2D eigenvalue weighted by Gasteiger charge is 2.31. The molecule has 0 aromatic heterocycles. The van der Waals surface area contributed by atoms with Crippen molar-refractivity contribution < 1.29 is 4.39 Å². The first-order chi connectivity index (χ1) is 9.03. The third-order valence-corrected chi connectivity index (χ3v) is 4.12. The molecule has 1 N–H and O–H groups in total. The highest BCUT2D eigenvalue weighted by molar-refractivity contribution is 5.25. The fraction of sp³-hybridized carbons (Fsp3) is 0.625. The minimum atomic E-state index is -0.0806. The summed E-state index contributed by atoms with van der Waals surface area (Å²) in [5.74, 6) is -0.0806. The van der Waals surface area contributed by atoms with E-state index < -0.39 is 0 Å². The molecule has 1 saturated heterocycles. The van der Waals surface area contributed by atoms with Crippen LogP contribution in [0.4, 0.5) is 4.39 Å². The van der Waals surface area contributed by atoms with E-state index in [-0.39, 0.29) is 11.4 Å². The van der Waals surface area contributed by atoms with Crippen LogP contribution in [0.25, 0.3) is 0 Å². The van der Waals surface area contributed by atoms with E-state index in [1.807, 2.05) is 12.1 Å². The van der Waals surface area contributed by atoms with Crippen LogP contribution in [0.3, 0.4) is 0 Å².